The standard InChI is InChI=1S/C18H25N7O2/c1-13(2)20-17-16(25(26)27)12-19-18(22-17)21-14-4-6-15(7-5-14)24-10-8-23(3)9-11-24/h4-7,12-13H,8-11H2,1-3H3,(H2,19,20,21,22). The highest BCUT2D eigenvalue weighted by atomic mass is 16.6. The Balaban J connectivity index is 1.72. The van der Waals surface area contributed by atoms with Crippen LogP contribution in [0, 0.1) is 10.1 Å². The van der Waals surface area contributed by atoms with E-state index in [1.165, 1.54) is 11.9 Å². The minimum absolute atomic E-state index is 0.0225. The Morgan fingerprint density at radius 1 is 1.15 bits per heavy atom. The van der Waals surface area contributed by atoms with Crippen LogP contribution in [-0.4, -0.2) is 59.1 Å². The van der Waals surface area contributed by atoms with Crippen molar-refractivity contribution in [3.8, 4) is 0 Å². The molecule has 2 N–H and O–H groups in total. The number of hydrogen-bond acceptors (Lipinski definition) is 8. The van der Waals surface area contributed by atoms with Crippen LogP contribution < -0.4 is 15.5 Å². The van der Waals surface area contributed by atoms with E-state index < -0.39 is 4.92 Å². The van der Waals surface area contributed by atoms with Crippen molar-refractivity contribution in [3.63, 3.8) is 0 Å². The van der Waals surface area contributed by atoms with E-state index in [4.69, 9.17) is 0 Å². The van der Waals surface area contributed by atoms with Gasteiger partial charge < -0.3 is 20.4 Å². The monoisotopic (exact) mass is 371 g/mol. The summed E-state index contributed by atoms with van der Waals surface area (Å²) in [6.45, 7) is 7.94. The van der Waals surface area contributed by atoms with Crippen LogP contribution in [0.3, 0.4) is 0 Å². The van der Waals surface area contributed by atoms with Crippen molar-refractivity contribution in [1.82, 2.24) is 14.9 Å². The lowest BCUT2D eigenvalue weighted by Crippen LogP contribution is -2.44. The highest BCUT2D eigenvalue weighted by Gasteiger charge is 2.18. The van der Waals surface area contributed by atoms with Crippen LogP contribution in [0.25, 0.3) is 0 Å². The van der Waals surface area contributed by atoms with Crippen molar-refractivity contribution in [2.24, 2.45) is 0 Å². The lowest BCUT2D eigenvalue weighted by atomic mass is 10.2. The maximum atomic E-state index is 11.1. The molecule has 1 aromatic carbocycles. The summed E-state index contributed by atoms with van der Waals surface area (Å²) in [5.41, 5.74) is 1.87. The van der Waals surface area contributed by atoms with Gasteiger partial charge in [-0.1, -0.05) is 0 Å². The van der Waals surface area contributed by atoms with Crippen LogP contribution in [-0.2, 0) is 0 Å². The fraction of sp³-hybridized carbons (Fsp3) is 0.444. The largest absolute Gasteiger partial charge is 0.369 e. The van der Waals surface area contributed by atoms with E-state index in [1.807, 2.05) is 26.0 Å². The Bertz CT molecular complexity index is 787. The van der Waals surface area contributed by atoms with Gasteiger partial charge in [0.05, 0.1) is 4.92 Å². The zero-order valence-corrected chi connectivity index (χ0v) is 15.8. The number of piperazine rings is 1. The fourth-order valence-electron chi connectivity index (χ4n) is 2.90. The molecule has 1 aliphatic heterocycles. The number of likely N-dealkylation sites (N-methyl/N-ethyl adjacent to an activating group) is 1. The third-order valence-electron chi connectivity index (χ3n) is 4.38. The van der Waals surface area contributed by atoms with Crippen LogP contribution in [0.4, 0.5) is 28.8 Å². The molecule has 1 aliphatic rings. The Kier molecular flexibility index (Phi) is 5.70. The van der Waals surface area contributed by atoms with Crippen LogP contribution in [0.15, 0.2) is 30.5 Å². The van der Waals surface area contributed by atoms with Crippen molar-refractivity contribution >= 4 is 28.8 Å². The maximum absolute atomic E-state index is 11.1. The molecule has 3 rings (SSSR count). The molecule has 144 valence electrons. The molecule has 0 amide bonds. The van der Waals surface area contributed by atoms with Gasteiger partial charge >= 0.3 is 5.69 Å². The SMILES string of the molecule is CC(C)Nc1nc(Nc2ccc(N3CCN(C)CC3)cc2)ncc1[N+](=O)[O-]. The predicted molar refractivity (Wildman–Crippen MR) is 107 cm³/mol. The lowest BCUT2D eigenvalue weighted by Gasteiger charge is -2.34. The molecule has 9 heteroatoms. The molecule has 0 unspecified atom stereocenters. The molecular formula is C18H25N7O2. The number of rotatable bonds is 6. The van der Waals surface area contributed by atoms with Crippen LogP contribution >= 0.6 is 0 Å². The van der Waals surface area contributed by atoms with Gasteiger partial charge in [-0.05, 0) is 45.2 Å². The molecule has 9 nitrogen and oxygen atoms in total. The summed E-state index contributed by atoms with van der Waals surface area (Å²) in [4.78, 5) is 23.7. The Labute approximate surface area is 158 Å². The first-order chi connectivity index (χ1) is 12.9. The molecule has 1 saturated heterocycles. The van der Waals surface area contributed by atoms with Gasteiger partial charge in [0.15, 0.2) is 0 Å². The molecule has 0 saturated carbocycles. The van der Waals surface area contributed by atoms with E-state index in [1.54, 1.807) is 0 Å². The zero-order valence-electron chi connectivity index (χ0n) is 15.8. The molecule has 0 spiro atoms. The molecule has 0 radical (unpaired) electrons. The van der Waals surface area contributed by atoms with E-state index in [0.717, 1.165) is 31.9 Å². The second-order valence-corrected chi connectivity index (χ2v) is 6.95. The molecule has 2 aromatic rings. The van der Waals surface area contributed by atoms with Gasteiger partial charge in [-0.15, -0.1) is 0 Å². The normalized spacial score (nSPS) is 15.0. The van der Waals surface area contributed by atoms with Gasteiger partial charge in [0.1, 0.15) is 6.20 Å². The smallest absolute Gasteiger partial charge is 0.329 e. The number of nitrogens with zero attached hydrogens (tertiary/aromatic N) is 5. The molecule has 0 aliphatic carbocycles. The zero-order chi connectivity index (χ0) is 19.4. The summed E-state index contributed by atoms with van der Waals surface area (Å²) < 4.78 is 0. The second kappa shape index (κ2) is 8.17. The average molecular weight is 371 g/mol. The maximum Gasteiger partial charge on any atom is 0.329 e. The average Bonchev–Trinajstić information content (AvgIpc) is 2.62. The Morgan fingerprint density at radius 3 is 2.41 bits per heavy atom. The number of aromatic nitrogens is 2. The van der Waals surface area contributed by atoms with Crippen LogP contribution in [0.2, 0.25) is 0 Å². The second-order valence-electron chi connectivity index (χ2n) is 6.95. The number of nitrogens with one attached hydrogen (secondary N) is 2. The topological polar surface area (TPSA) is 99.5 Å². The molecular weight excluding hydrogens is 346 g/mol. The summed E-state index contributed by atoms with van der Waals surface area (Å²) >= 11 is 0. The molecule has 1 aromatic heterocycles. The van der Waals surface area contributed by atoms with Crippen molar-refractivity contribution in [2.45, 2.75) is 19.9 Å². The first-order valence-electron chi connectivity index (χ1n) is 9.01. The minimum Gasteiger partial charge on any atom is -0.369 e. The Morgan fingerprint density at radius 2 is 1.81 bits per heavy atom. The molecule has 0 atom stereocenters. The van der Waals surface area contributed by atoms with E-state index >= 15 is 0 Å². The molecule has 27 heavy (non-hydrogen) atoms. The van der Waals surface area contributed by atoms with E-state index in [2.05, 4.69) is 49.6 Å². The van der Waals surface area contributed by atoms with E-state index in [9.17, 15) is 10.1 Å². The summed E-state index contributed by atoms with van der Waals surface area (Å²) in [7, 11) is 2.14. The number of anilines is 4. The number of benzene rings is 1. The summed E-state index contributed by atoms with van der Waals surface area (Å²) in [6.07, 6.45) is 1.22. The minimum atomic E-state index is -0.487. The summed E-state index contributed by atoms with van der Waals surface area (Å²) in [5.74, 6) is 0.526. The van der Waals surface area contributed by atoms with Gasteiger partial charge in [-0.2, -0.15) is 4.98 Å². The quantitative estimate of drug-likeness (QED) is 0.591. The van der Waals surface area contributed by atoms with Gasteiger partial charge in [-0.3, -0.25) is 10.1 Å². The number of nitro groups is 1. The van der Waals surface area contributed by atoms with Crippen molar-refractivity contribution < 1.29 is 4.92 Å². The fourth-order valence-corrected chi connectivity index (χ4v) is 2.90. The van der Waals surface area contributed by atoms with E-state index in [-0.39, 0.29) is 17.5 Å². The number of hydrogen-bond donors (Lipinski definition) is 2. The first kappa shape index (κ1) is 18.8. The molecule has 0 bridgehead atoms. The van der Waals surface area contributed by atoms with Gasteiger partial charge in [-0.25, -0.2) is 4.98 Å². The summed E-state index contributed by atoms with van der Waals surface area (Å²) in [5, 5.41) is 17.2. The molecule has 2 heterocycles. The van der Waals surface area contributed by atoms with Crippen molar-refractivity contribution in [3.05, 3.63) is 40.6 Å². The first-order valence-corrected chi connectivity index (χ1v) is 9.01. The van der Waals surface area contributed by atoms with Gasteiger partial charge in [0.25, 0.3) is 0 Å². The van der Waals surface area contributed by atoms with Gasteiger partial charge in [0, 0.05) is 43.6 Å². The van der Waals surface area contributed by atoms with Crippen molar-refractivity contribution in [2.75, 3.05) is 48.8 Å². The third kappa shape index (κ3) is 4.82. The molecule has 1 fully saturated rings. The van der Waals surface area contributed by atoms with Crippen LogP contribution in [0.5, 0.6) is 0 Å². The van der Waals surface area contributed by atoms with E-state index in [0.29, 0.717) is 5.95 Å². The Hall–Kier alpha value is -2.94. The highest BCUT2D eigenvalue weighted by molar-refractivity contribution is 5.63. The van der Waals surface area contributed by atoms with Crippen LogP contribution in [0.1, 0.15) is 13.8 Å². The predicted octanol–water partition coefficient (Wildman–Crippen LogP) is 2.70. The third-order valence-corrected chi connectivity index (χ3v) is 4.38. The van der Waals surface area contributed by atoms with Crippen molar-refractivity contribution in [1.29, 1.82) is 0 Å². The van der Waals surface area contributed by atoms with Gasteiger partial charge in [0.2, 0.25) is 11.8 Å². The highest BCUT2D eigenvalue weighted by Crippen LogP contribution is 2.25. The lowest BCUT2D eigenvalue weighted by molar-refractivity contribution is -0.384. The summed E-state index contributed by atoms with van der Waals surface area (Å²) in [6, 6.07) is 8.08.